The molecule has 1 atom stereocenters. The summed E-state index contributed by atoms with van der Waals surface area (Å²) in [5.41, 5.74) is 1.93. The van der Waals surface area contributed by atoms with Crippen LogP contribution < -0.4 is 5.32 Å². The van der Waals surface area contributed by atoms with Crippen LogP contribution in [0.1, 0.15) is 18.5 Å². The molecule has 0 fully saturated rings. The summed E-state index contributed by atoms with van der Waals surface area (Å²) >= 11 is 6.48. The third-order valence-electron chi connectivity index (χ3n) is 2.55. The fourth-order valence-electron chi connectivity index (χ4n) is 1.58. The van der Waals surface area contributed by atoms with E-state index in [9.17, 15) is 4.39 Å². The lowest BCUT2D eigenvalue weighted by molar-refractivity contribution is 0.619. The molecule has 1 unspecified atom stereocenters. The SMILES string of the molecule is CC(Nc1ccc(Br)nc1)c1ccc(F)c(Br)c1. The zero-order valence-corrected chi connectivity index (χ0v) is 12.8. The number of anilines is 1. The summed E-state index contributed by atoms with van der Waals surface area (Å²) in [7, 11) is 0. The van der Waals surface area contributed by atoms with Gasteiger partial charge in [0.25, 0.3) is 0 Å². The standard InChI is InChI=1S/C13H11Br2FN2/c1-8(9-2-4-12(16)11(14)6-9)18-10-3-5-13(15)17-7-10/h2-8,18H,1H3. The van der Waals surface area contributed by atoms with E-state index in [0.29, 0.717) is 4.47 Å². The molecule has 2 nitrogen and oxygen atoms in total. The normalized spacial score (nSPS) is 12.2. The minimum atomic E-state index is -0.253. The van der Waals surface area contributed by atoms with Gasteiger partial charge in [-0.3, -0.25) is 0 Å². The van der Waals surface area contributed by atoms with Crippen LogP contribution in [0.2, 0.25) is 0 Å². The van der Waals surface area contributed by atoms with E-state index in [1.165, 1.54) is 6.07 Å². The Bertz CT molecular complexity index is 543. The molecule has 5 heteroatoms. The van der Waals surface area contributed by atoms with Gasteiger partial charge < -0.3 is 5.32 Å². The van der Waals surface area contributed by atoms with E-state index < -0.39 is 0 Å². The smallest absolute Gasteiger partial charge is 0.137 e. The monoisotopic (exact) mass is 372 g/mol. The second-order valence-electron chi connectivity index (χ2n) is 3.91. The molecule has 0 aliphatic heterocycles. The molecule has 0 saturated heterocycles. The van der Waals surface area contributed by atoms with Crippen LogP contribution in [0, 0.1) is 5.82 Å². The van der Waals surface area contributed by atoms with Gasteiger partial charge in [0.2, 0.25) is 0 Å². The zero-order valence-electron chi connectivity index (χ0n) is 9.62. The Hall–Kier alpha value is -0.940. The van der Waals surface area contributed by atoms with Gasteiger partial charge >= 0.3 is 0 Å². The quantitative estimate of drug-likeness (QED) is 0.772. The minimum Gasteiger partial charge on any atom is -0.377 e. The van der Waals surface area contributed by atoms with Crippen molar-refractivity contribution in [2.45, 2.75) is 13.0 Å². The second-order valence-corrected chi connectivity index (χ2v) is 5.58. The maximum absolute atomic E-state index is 13.2. The van der Waals surface area contributed by atoms with Gasteiger partial charge in [-0.2, -0.15) is 0 Å². The molecule has 0 saturated carbocycles. The average molecular weight is 374 g/mol. The van der Waals surface area contributed by atoms with E-state index in [0.717, 1.165) is 15.9 Å². The molecular weight excluding hydrogens is 363 g/mol. The molecule has 1 aromatic carbocycles. The number of benzene rings is 1. The second kappa shape index (κ2) is 5.80. The lowest BCUT2D eigenvalue weighted by atomic mass is 10.1. The molecule has 1 heterocycles. The Morgan fingerprint density at radius 1 is 1.22 bits per heavy atom. The van der Waals surface area contributed by atoms with Crippen molar-refractivity contribution in [3.63, 3.8) is 0 Å². The lowest BCUT2D eigenvalue weighted by Crippen LogP contribution is -2.07. The Kier molecular flexibility index (Phi) is 4.35. The third kappa shape index (κ3) is 3.29. The summed E-state index contributed by atoms with van der Waals surface area (Å²) in [5, 5.41) is 3.31. The van der Waals surface area contributed by atoms with Crippen LogP contribution in [-0.2, 0) is 0 Å². The van der Waals surface area contributed by atoms with Gasteiger partial charge in [-0.05, 0) is 68.6 Å². The summed E-state index contributed by atoms with van der Waals surface area (Å²) in [6.45, 7) is 2.02. The van der Waals surface area contributed by atoms with Gasteiger partial charge in [0.05, 0.1) is 16.4 Å². The van der Waals surface area contributed by atoms with Crippen molar-refractivity contribution in [3.8, 4) is 0 Å². The van der Waals surface area contributed by atoms with Crippen molar-refractivity contribution in [1.29, 1.82) is 0 Å². The number of hydrogen-bond donors (Lipinski definition) is 1. The van der Waals surface area contributed by atoms with Gasteiger partial charge in [-0.15, -0.1) is 0 Å². The third-order valence-corrected chi connectivity index (χ3v) is 3.63. The number of nitrogens with one attached hydrogen (secondary N) is 1. The fraction of sp³-hybridized carbons (Fsp3) is 0.154. The highest BCUT2D eigenvalue weighted by molar-refractivity contribution is 9.10. The summed E-state index contributed by atoms with van der Waals surface area (Å²) in [6.07, 6.45) is 1.75. The van der Waals surface area contributed by atoms with E-state index in [2.05, 4.69) is 42.2 Å². The highest BCUT2D eigenvalue weighted by Gasteiger charge is 2.08. The van der Waals surface area contributed by atoms with Crippen LogP contribution in [0.4, 0.5) is 10.1 Å². The number of hydrogen-bond acceptors (Lipinski definition) is 2. The first kappa shape index (κ1) is 13.5. The first-order chi connectivity index (χ1) is 8.56. The van der Waals surface area contributed by atoms with Crippen molar-refractivity contribution in [2.24, 2.45) is 0 Å². The van der Waals surface area contributed by atoms with Crippen molar-refractivity contribution in [2.75, 3.05) is 5.32 Å². The molecule has 2 aromatic rings. The van der Waals surface area contributed by atoms with Gasteiger partial charge in [0, 0.05) is 6.04 Å². The van der Waals surface area contributed by atoms with Crippen LogP contribution in [0.5, 0.6) is 0 Å². The zero-order chi connectivity index (χ0) is 13.1. The molecule has 0 spiro atoms. The Balaban J connectivity index is 2.13. The van der Waals surface area contributed by atoms with Crippen LogP contribution in [0.3, 0.4) is 0 Å². The molecule has 0 bridgehead atoms. The van der Waals surface area contributed by atoms with E-state index >= 15 is 0 Å². The summed E-state index contributed by atoms with van der Waals surface area (Å²) in [5.74, 6) is -0.253. The maximum Gasteiger partial charge on any atom is 0.137 e. The van der Waals surface area contributed by atoms with E-state index in [4.69, 9.17) is 0 Å². The molecule has 0 radical (unpaired) electrons. The van der Waals surface area contributed by atoms with Crippen molar-refractivity contribution >= 4 is 37.5 Å². The predicted octanol–water partition coefficient (Wildman–Crippen LogP) is 4.92. The first-order valence-electron chi connectivity index (χ1n) is 5.39. The Morgan fingerprint density at radius 3 is 2.61 bits per heavy atom. The van der Waals surface area contributed by atoms with Crippen LogP contribution in [-0.4, -0.2) is 4.98 Å². The molecule has 18 heavy (non-hydrogen) atoms. The number of aromatic nitrogens is 1. The van der Waals surface area contributed by atoms with Crippen molar-refractivity contribution in [3.05, 3.63) is 57.0 Å². The first-order valence-corrected chi connectivity index (χ1v) is 6.98. The van der Waals surface area contributed by atoms with E-state index in [1.807, 2.05) is 19.1 Å². The molecule has 94 valence electrons. The van der Waals surface area contributed by atoms with Gasteiger partial charge in [-0.25, -0.2) is 9.37 Å². The summed E-state index contributed by atoms with van der Waals surface area (Å²) < 4.78 is 14.4. The number of nitrogens with zero attached hydrogens (tertiary/aromatic N) is 1. The topological polar surface area (TPSA) is 24.9 Å². The lowest BCUT2D eigenvalue weighted by Gasteiger charge is -2.16. The number of halogens is 3. The highest BCUT2D eigenvalue weighted by atomic mass is 79.9. The van der Waals surface area contributed by atoms with Crippen LogP contribution >= 0.6 is 31.9 Å². The maximum atomic E-state index is 13.2. The predicted molar refractivity (Wildman–Crippen MR) is 78.1 cm³/mol. The van der Waals surface area contributed by atoms with Crippen LogP contribution in [0.25, 0.3) is 0 Å². The summed E-state index contributed by atoms with van der Waals surface area (Å²) in [4.78, 5) is 4.14. The number of pyridine rings is 1. The molecule has 0 aliphatic carbocycles. The van der Waals surface area contributed by atoms with Crippen LogP contribution in [0.15, 0.2) is 45.6 Å². The molecule has 1 aromatic heterocycles. The summed E-state index contributed by atoms with van der Waals surface area (Å²) in [6, 6.07) is 8.88. The Labute approximate surface area is 122 Å². The molecule has 0 aliphatic rings. The van der Waals surface area contributed by atoms with Gasteiger partial charge in [-0.1, -0.05) is 6.07 Å². The van der Waals surface area contributed by atoms with Gasteiger partial charge in [0.15, 0.2) is 0 Å². The van der Waals surface area contributed by atoms with Crippen molar-refractivity contribution < 1.29 is 4.39 Å². The average Bonchev–Trinajstić information content (AvgIpc) is 2.35. The largest absolute Gasteiger partial charge is 0.377 e. The van der Waals surface area contributed by atoms with E-state index in [-0.39, 0.29) is 11.9 Å². The molecule has 0 amide bonds. The highest BCUT2D eigenvalue weighted by Crippen LogP contribution is 2.24. The molecular formula is C13H11Br2FN2. The minimum absolute atomic E-state index is 0.0740. The molecule has 1 N–H and O–H groups in total. The fourth-order valence-corrected chi connectivity index (χ4v) is 2.21. The van der Waals surface area contributed by atoms with Gasteiger partial charge in [0.1, 0.15) is 10.4 Å². The number of rotatable bonds is 3. The van der Waals surface area contributed by atoms with Crippen molar-refractivity contribution in [1.82, 2.24) is 4.98 Å². The van der Waals surface area contributed by atoms with E-state index in [1.54, 1.807) is 18.3 Å². The molecule has 2 rings (SSSR count). The Morgan fingerprint density at radius 2 is 2.00 bits per heavy atom.